The van der Waals surface area contributed by atoms with Crippen molar-refractivity contribution in [3.8, 4) is 0 Å². The Balaban J connectivity index is 3.07. The van der Waals surface area contributed by atoms with Gasteiger partial charge in [0.15, 0.2) is 0 Å². The van der Waals surface area contributed by atoms with Crippen LogP contribution < -0.4 is 0 Å². The third-order valence-electron chi connectivity index (χ3n) is 1.05. The molecule has 0 aliphatic rings. The zero-order valence-electron chi connectivity index (χ0n) is 4.97. The third kappa shape index (κ3) is 2.10. The minimum absolute atomic E-state index is 0.641. The summed E-state index contributed by atoms with van der Waals surface area (Å²) in [5.74, 6) is 0. The molecule has 1 aromatic rings. The number of hydrogen-bond acceptors (Lipinski definition) is 0. The van der Waals surface area contributed by atoms with E-state index in [0.717, 1.165) is 5.56 Å². The molecule has 0 unspecified atom stereocenters. The predicted octanol–water partition coefficient (Wildman–Crippen LogP) is 2.23. The Hall–Kier alpha value is 0.189. The van der Waals surface area contributed by atoms with Crippen LogP contribution in [0.25, 0.3) is 0 Å². The van der Waals surface area contributed by atoms with Crippen molar-refractivity contribution in [2.24, 2.45) is 0 Å². The van der Waals surface area contributed by atoms with Crippen LogP contribution in [0.15, 0.2) is 24.3 Å². The molecular weight excluding hydrogens is 234 g/mol. The van der Waals surface area contributed by atoms with Gasteiger partial charge < -0.3 is 0 Å². The molecule has 0 aromatic heterocycles. The molecule has 1 rings (SSSR count). The van der Waals surface area contributed by atoms with Crippen LogP contribution in [-0.4, -0.2) is 19.5 Å². The Bertz CT molecular complexity index is 258. The number of halogens is 2. The van der Waals surface area contributed by atoms with E-state index in [1.54, 1.807) is 6.07 Å². The molecular formula is C7H4Cl2Se. The molecule has 1 aromatic carbocycles. The molecule has 10 heavy (non-hydrogen) atoms. The predicted molar refractivity (Wildman–Crippen MR) is 47.2 cm³/mol. The maximum absolute atomic E-state index is 5.70. The monoisotopic (exact) mass is 238 g/mol. The molecule has 0 saturated heterocycles. The van der Waals surface area contributed by atoms with Crippen molar-refractivity contribution in [3.63, 3.8) is 0 Å². The van der Waals surface area contributed by atoms with E-state index in [1.807, 2.05) is 18.2 Å². The van der Waals surface area contributed by atoms with Gasteiger partial charge in [0.2, 0.25) is 0 Å². The molecule has 0 amide bonds. The van der Waals surface area contributed by atoms with Crippen molar-refractivity contribution >= 4 is 42.7 Å². The van der Waals surface area contributed by atoms with Crippen molar-refractivity contribution in [1.29, 1.82) is 0 Å². The quantitative estimate of drug-likeness (QED) is 0.658. The number of benzene rings is 1. The molecule has 0 radical (unpaired) electrons. The first-order valence-corrected chi connectivity index (χ1v) is 4.27. The second-order valence-corrected chi connectivity index (χ2v) is 3.96. The van der Waals surface area contributed by atoms with E-state index in [9.17, 15) is 0 Å². The molecule has 0 atom stereocenters. The van der Waals surface area contributed by atoms with Crippen LogP contribution in [0.2, 0.25) is 5.02 Å². The van der Waals surface area contributed by atoms with Crippen molar-refractivity contribution in [2.75, 3.05) is 0 Å². The summed E-state index contributed by atoms with van der Waals surface area (Å²) in [4.78, 5) is 0. The summed E-state index contributed by atoms with van der Waals surface area (Å²) in [7, 11) is 0. The van der Waals surface area contributed by atoms with E-state index in [2.05, 4.69) is 15.6 Å². The summed E-state index contributed by atoms with van der Waals surface area (Å²) >= 11 is 14.1. The first-order chi connectivity index (χ1) is 4.70. The van der Waals surface area contributed by atoms with Crippen LogP contribution in [-0.2, 0) is 0 Å². The van der Waals surface area contributed by atoms with Crippen LogP contribution in [0.1, 0.15) is 5.56 Å². The van der Waals surface area contributed by atoms with Gasteiger partial charge in [-0.1, -0.05) is 0 Å². The van der Waals surface area contributed by atoms with Gasteiger partial charge >= 0.3 is 77.5 Å². The van der Waals surface area contributed by atoms with Crippen molar-refractivity contribution < 1.29 is 0 Å². The van der Waals surface area contributed by atoms with Crippen molar-refractivity contribution in [1.82, 2.24) is 0 Å². The zero-order valence-corrected chi connectivity index (χ0v) is 8.20. The summed E-state index contributed by atoms with van der Waals surface area (Å²) in [6.45, 7) is 0. The molecule has 0 N–H and O–H groups in total. The first-order valence-electron chi connectivity index (χ1n) is 2.65. The van der Waals surface area contributed by atoms with Crippen LogP contribution in [0.5, 0.6) is 0 Å². The molecule has 0 spiro atoms. The van der Waals surface area contributed by atoms with E-state index < -0.39 is 0 Å². The summed E-state index contributed by atoms with van der Waals surface area (Å²) in [5.41, 5.74) is 0.925. The molecule has 0 heterocycles. The summed E-state index contributed by atoms with van der Waals surface area (Å²) < 4.78 is 0.641. The van der Waals surface area contributed by atoms with E-state index in [4.69, 9.17) is 23.2 Å². The molecule has 0 aliphatic carbocycles. The molecule has 0 nitrogen and oxygen atoms in total. The summed E-state index contributed by atoms with van der Waals surface area (Å²) in [6, 6.07) is 7.37. The summed E-state index contributed by atoms with van der Waals surface area (Å²) in [6.07, 6.45) is 0. The van der Waals surface area contributed by atoms with E-state index >= 15 is 0 Å². The first kappa shape index (κ1) is 8.29. The average molecular weight is 238 g/mol. The fourth-order valence-corrected chi connectivity index (χ4v) is 1.18. The third-order valence-corrected chi connectivity index (χ3v) is 2.00. The van der Waals surface area contributed by atoms with Crippen LogP contribution in [0, 0.1) is 0 Å². The minimum atomic E-state index is 0.641. The Morgan fingerprint density at radius 1 is 1.40 bits per heavy atom. The second kappa shape index (κ2) is 3.54. The fraction of sp³-hybridized carbons (Fsp3) is 0. The van der Waals surface area contributed by atoms with Crippen molar-refractivity contribution in [3.05, 3.63) is 34.9 Å². The molecule has 0 fully saturated rings. The van der Waals surface area contributed by atoms with Gasteiger partial charge in [-0.25, -0.2) is 0 Å². The van der Waals surface area contributed by atoms with Crippen LogP contribution in [0.3, 0.4) is 0 Å². The van der Waals surface area contributed by atoms with Gasteiger partial charge in [0.25, 0.3) is 0 Å². The van der Waals surface area contributed by atoms with Gasteiger partial charge in [0, 0.05) is 0 Å². The normalized spacial score (nSPS) is 9.40. The van der Waals surface area contributed by atoms with Crippen LogP contribution >= 0.6 is 23.2 Å². The Morgan fingerprint density at radius 3 is 2.50 bits per heavy atom. The average Bonchev–Trinajstić information content (AvgIpc) is 1.88. The van der Waals surface area contributed by atoms with E-state index in [0.29, 0.717) is 8.90 Å². The Kier molecular flexibility index (Phi) is 2.94. The topological polar surface area (TPSA) is 0 Å². The maximum atomic E-state index is 5.70. The number of hydrogen-bond donors (Lipinski definition) is 0. The van der Waals surface area contributed by atoms with Gasteiger partial charge in [-0.15, -0.1) is 0 Å². The fourth-order valence-electron chi connectivity index (χ4n) is 0.611. The van der Waals surface area contributed by atoms with Crippen molar-refractivity contribution in [2.45, 2.75) is 0 Å². The number of rotatable bonds is 1. The molecule has 0 saturated carbocycles. The van der Waals surface area contributed by atoms with Gasteiger partial charge in [0.1, 0.15) is 0 Å². The van der Waals surface area contributed by atoms with Gasteiger partial charge in [-0.3, -0.25) is 0 Å². The van der Waals surface area contributed by atoms with Crippen LogP contribution in [0.4, 0.5) is 0 Å². The van der Waals surface area contributed by atoms with E-state index in [-0.39, 0.29) is 0 Å². The molecule has 52 valence electrons. The van der Waals surface area contributed by atoms with Gasteiger partial charge in [-0.2, -0.15) is 0 Å². The SMILES string of the molecule is ClC(=[Se])c1cccc(Cl)c1. The molecule has 0 aliphatic heterocycles. The Morgan fingerprint density at radius 2 is 2.10 bits per heavy atom. The Labute approximate surface area is 77.5 Å². The summed E-state index contributed by atoms with van der Waals surface area (Å²) in [5, 5.41) is 0.700. The zero-order chi connectivity index (χ0) is 7.56. The van der Waals surface area contributed by atoms with E-state index in [1.165, 1.54) is 0 Å². The standard InChI is InChI=1S/C7H4Cl2Se/c8-6-3-1-2-5(4-6)7(9)10/h1-4H. The second-order valence-electron chi connectivity index (χ2n) is 1.78. The van der Waals surface area contributed by atoms with Gasteiger partial charge in [-0.05, 0) is 0 Å². The molecule has 3 heteroatoms. The van der Waals surface area contributed by atoms with Gasteiger partial charge in [0.05, 0.1) is 0 Å². The molecule has 0 bridgehead atoms.